The van der Waals surface area contributed by atoms with E-state index in [9.17, 15) is 9.59 Å². The zero-order valence-electron chi connectivity index (χ0n) is 10.9. The molecular weight excluding hydrogens is 244 g/mol. The zero-order valence-corrected chi connectivity index (χ0v) is 10.9. The summed E-state index contributed by atoms with van der Waals surface area (Å²) in [7, 11) is 0. The minimum absolute atomic E-state index is 0.348. The van der Waals surface area contributed by atoms with Crippen LogP contribution >= 0.6 is 0 Å². The van der Waals surface area contributed by atoms with Crippen LogP contribution in [0.15, 0.2) is 24.3 Å². The van der Waals surface area contributed by atoms with Crippen LogP contribution in [0.5, 0.6) is 0 Å². The molecule has 5 nitrogen and oxygen atoms in total. The number of H-pyrrole nitrogens is 1. The van der Waals surface area contributed by atoms with Crippen LogP contribution in [0.2, 0.25) is 0 Å². The third kappa shape index (κ3) is 2.76. The molecule has 1 aromatic heterocycles. The second kappa shape index (κ2) is 5.14. The molecule has 0 bridgehead atoms. The number of hydrogen-bond acceptors (Lipinski definition) is 2. The number of aromatic amines is 1. The van der Waals surface area contributed by atoms with Gasteiger partial charge in [-0.15, -0.1) is 0 Å². The highest BCUT2D eigenvalue weighted by Gasteiger charge is 2.19. The number of hydrogen-bond donors (Lipinski definition) is 3. The molecule has 3 N–H and O–H groups in total. The Labute approximate surface area is 110 Å². The van der Waals surface area contributed by atoms with Crippen molar-refractivity contribution in [2.24, 2.45) is 0 Å². The lowest BCUT2D eigenvalue weighted by molar-refractivity contribution is -0.139. The van der Waals surface area contributed by atoms with Crippen LogP contribution in [0.25, 0.3) is 10.9 Å². The maximum Gasteiger partial charge on any atom is 0.326 e. The average molecular weight is 260 g/mol. The van der Waals surface area contributed by atoms with Crippen LogP contribution in [0, 0.1) is 6.92 Å². The van der Waals surface area contributed by atoms with E-state index in [1.165, 1.54) is 0 Å². The summed E-state index contributed by atoms with van der Waals surface area (Å²) < 4.78 is 0. The maximum absolute atomic E-state index is 12.0. The predicted molar refractivity (Wildman–Crippen MR) is 72.2 cm³/mol. The Morgan fingerprint density at radius 2 is 2.11 bits per heavy atom. The van der Waals surface area contributed by atoms with Gasteiger partial charge in [0.05, 0.1) is 0 Å². The van der Waals surface area contributed by atoms with Gasteiger partial charge >= 0.3 is 5.97 Å². The molecule has 19 heavy (non-hydrogen) atoms. The predicted octanol–water partition coefficient (Wildman–Crippen LogP) is 2.07. The largest absolute Gasteiger partial charge is 0.480 e. The van der Waals surface area contributed by atoms with E-state index < -0.39 is 17.9 Å². The number of carbonyl (C=O) groups is 2. The van der Waals surface area contributed by atoms with Crippen molar-refractivity contribution < 1.29 is 14.7 Å². The molecule has 0 aliphatic heterocycles. The first-order valence-corrected chi connectivity index (χ1v) is 6.14. The summed E-state index contributed by atoms with van der Waals surface area (Å²) in [5.74, 6) is -1.43. The Balaban J connectivity index is 2.24. The lowest BCUT2D eigenvalue weighted by atomic mass is 10.2. The van der Waals surface area contributed by atoms with E-state index in [0.717, 1.165) is 16.5 Å². The molecule has 0 saturated heterocycles. The Bertz CT molecular complexity index is 631. The third-order valence-corrected chi connectivity index (χ3v) is 3.03. The molecule has 0 aliphatic carbocycles. The summed E-state index contributed by atoms with van der Waals surface area (Å²) in [6.07, 6.45) is 0.348. The van der Waals surface area contributed by atoms with Crippen molar-refractivity contribution in [3.05, 3.63) is 35.5 Å². The number of amides is 1. The number of rotatable bonds is 4. The SMILES string of the molecule is CCC(NC(=O)c1cc2ccc(C)cc2[nH]1)C(=O)O. The molecule has 2 rings (SSSR count). The summed E-state index contributed by atoms with van der Waals surface area (Å²) in [6.45, 7) is 3.69. The molecule has 1 unspecified atom stereocenters. The fourth-order valence-electron chi connectivity index (χ4n) is 1.94. The summed E-state index contributed by atoms with van der Waals surface area (Å²) in [5, 5.41) is 12.3. The molecule has 0 fully saturated rings. The van der Waals surface area contributed by atoms with Crippen molar-refractivity contribution in [1.82, 2.24) is 10.3 Å². The van der Waals surface area contributed by atoms with Crippen molar-refractivity contribution >= 4 is 22.8 Å². The first-order valence-electron chi connectivity index (χ1n) is 6.14. The van der Waals surface area contributed by atoms with Crippen molar-refractivity contribution in [1.29, 1.82) is 0 Å². The van der Waals surface area contributed by atoms with Crippen LogP contribution in [-0.4, -0.2) is 28.0 Å². The number of carbonyl (C=O) groups excluding carboxylic acids is 1. The van der Waals surface area contributed by atoms with Crippen molar-refractivity contribution in [3.8, 4) is 0 Å². The monoisotopic (exact) mass is 260 g/mol. The van der Waals surface area contributed by atoms with E-state index in [1.807, 2.05) is 25.1 Å². The number of nitrogens with one attached hydrogen (secondary N) is 2. The van der Waals surface area contributed by atoms with Gasteiger partial charge in [0, 0.05) is 10.9 Å². The fourth-order valence-corrected chi connectivity index (χ4v) is 1.94. The Morgan fingerprint density at radius 3 is 2.74 bits per heavy atom. The van der Waals surface area contributed by atoms with E-state index in [2.05, 4.69) is 10.3 Å². The highest BCUT2D eigenvalue weighted by Crippen LogP contribution is 2.16. The van der Waals surface area contributed by atoms with E-state index in [1.54, 1.807) is 13.0 Å². The number of aryl methyl sites for hydroxylation is 1. The van der Waals surface area contributed by atoms with Crippen molar-refractivity contribution in [3.63, 3.8) is 0 Å². The molecule has 0 spiro atoms. The lowest BCUT2D eigenvalue weighted by Crippen LogP contribution is -2.40. The van der Waals surface area contributed by atoms with E-state index in [4.69, 9.17) is 5.11 Å². The van der Waals surface area contributed by atoms with E-state index >= 15 is 0 Å². The molecule has 0 radical (unpaired) electrons. The highest BCUT2D eigenvalue weighted by molar-refractivity contribution is 5.99. The molecule has 0 aliphatic rings. The number of aromatic nitrogens is 1. The van der Waals surface area contributed by atoms with Gasteiger partial charge in [-0.3, -0.25) is 4.79 Å². The third-order valence-electron chi connectivity index (χ3n) is 3.03. The van der Waals surface area contributed by atoms with Crippen LogP contribution in [-0.2, 0) is 4.79 Å². The first kappa shape index (κ1) is 13.1. The smallest absolute Gasteiger partial charge is 0.326 e. The average Bonchev–Trinajstić information content (AvgIpc) is 2.78. The molecule has 0 saturated carbocycles. The standard InChI is InChI=1S/C14H16N2O3/c1-3-10(14(18)19)16-13(17)12-7-9-5-4-8(2)6-11(9)15-12/h4-7,10,15H,3H2,1-2H3,(H,16,17)(H,18,19). The molecule has 1 aromatic carbocycles. The quantitative estimate of drug-likeness (QED) is 0.787. The molecule has 1 heterocycles. The van der Waals surface area contributed by atoms with Gasteiger partial charge in [0.2, 0.25) is 0 Å². The molecule has 1 atom stereocenters. The topological polar surface area (TPSA) is 82.2 Å². The normalized spacial score (nSPS) is 12.3. The number of carboxylic acids is 1. The van der Waals surface area contributed by atoms with Gasteiger partial charge in [0.1, 0.15) is 11.7 Å². The van der Waals surface area contributed by atoms with Gasteiger partial charge in [-0.25, -0.2) is 4.79 Å². The summed E-state index contributed by atoms with van der Waals surface area (Å²) in [4.78, 5) is 25.9. The fraction of sp³-hybridized carbons (Fsp3) is 0.286. The number of aliphatic carboxylic acids is 1. The Kier molecular flexibility index (Phi) is 3.55. The van der Waals surface area contributed by atoms with Gasteiger partial charge in [0.15, 0.2) is 0 Å². The van der Waals surface area contributed by atoms with Crippen LogP contribution in [0.1, 0.15) is 29.4 Å². The summed E-state index contributed by atoms with van der Waals surface area (Å²) in [5.41, 5.74) is 2.34. The lowest BCUT2D eigenvalue weighted by Gasteiger charge is -2.10. The van der Waals surface area contributed by atoms with Gasteiger partial charge in [-0.1, -0.05) is 19.1 Å². The van der Waals surface area contributed by atoms with E-state index in [-0.39, 0.29) is 0 Å². The molecule has 1 amide bonds. The highest BCUT2D eigenvalue weighted by atomic mass is 16.4. The molecule has 5 heteroatoms. The molecule has 2 aromatic rings. The first-order chi connectivity index (χ1) is 9.01. The minimum Gasteiger partial charge on any atom is -0.480 e. The van der Waals surface area contributed by atoms with Crippen molar-refractivity contribution in [2.45, 2.75) is 26.3 Å². The van der Waals surface area contributed by atoms with Gasteiger partial charge in [0.25, 0.3) is 5.91 Å². The van der Waals surface area contributed by atoms with Gasteiger partial charge in [-0.05, 0) is 31.0 Å². The zero-order chi connectivity index (χ0) is 14.0. The molecule has 100 valence electrons. The minimum atomic E-state index is -1.03. The van der Waals surface area contributed by atoms with Gasteiger partial charge < -0.3 is 15.4 Å². The summed E-state index contributed by atoms with van der Waals surface area (Å²) >= 11 is 0. The number of benzene rings is 1. The Hall–Kier alpha value is -2.30. The van der Waals surface area contributed by atoms with Crippen LogP contribution in [0.3, 0.4) is 0 Å². The van der Waals surface area contributed by atoms with Gasteiger partial charge in [-0.2, -0.15) is 0 Å². The number of carboxylic acid groups (broad SMARTS) is 1. The van der Waals surface area contributed by atoms with Crippen molar-refractivity contribution in [2.75, 3.05) is 0 Å². The second-order valence-corrected chi connectivity index (χ2v) is 4.55. The summed E-state index contributed by atoms with van der Waals surface area (Å²) in [6, 6.07) is 6.69. The number of fused-ring (bicyclic) bond motifs is 1. The maximum atomic E-state index is 12.0. The van der Waals surface area contributed by atoms with E-state index in [0.29, 0.717) is 12.1 Å². The second-order valence-electron chi connectivity index (χ2n) is 4.55. The molecular formula is C14H16N2O3. The van der Waals surface area contributed by atoms with Crippen LogP contribution in [0.4, 0.5) is 0 Å². The van der Waals surface area contributed by atoms with Crippen LogP contribution < -0.4 is 5.32 Å². The Morgan fingerprint density at radius 1 is 1.37 bits per heavy atom.